The summed E-state index contributed by atoms with van der Waals surface area (Å²) in [7, 11) is 0. The third kappa shape index (κ3) is 2.40. The molecule has 2 heteroatoms. The van der Waals surface area contributed by atoms with Gasteiger partial charge in [-0.3, -0.25) is 5.32 Å². The van der Waals surface area contributed by atoms with Gasteiger partial charge in [0.2, 0.25) is 0 Å². The third-order valence-electron chi connectivity index (χ3n) is 4.72. The van der Waals surface area contributed by atoms with Crippen LogP contribution in [0.25, 0.3) is 0 Å². The van der Waals surface area contributed by atoms with Gasteiger partial charge >= 0.3 is 0 Å². The molecule has 0 aliphatic heterocycles. The lowest BCUT2D eigenvalue weighted by Gasteiger charge is -2.40. The molecule has 0 aromatic rings. The molecule has 0 saturated heterocycles. The summed E-state index contributed by atoms with van der Waals surface area (Å²) in [4.78, 5) is 0. The maximum atomic E-state index is 9.49. The molecule has 2 fully saturated rings. The van der Waals surface area contributed by atoms with Crippen LogP contribution in [0.2, 0.25) is 0 Å². The molecule has 0 amide bonds. The molecule has 3 unspecified atom stereocenters. The fourth-order valence-electron chi connectivity index (χ4n) is 3.34. The van der Waals surface area contributed by atoms with Crippen LogP contribution in [0.15, 0.2) is 0 Å². The van der Waals surface area contributed by atoms with Gasteiger partial charge in [-0.2, -0.15) is 5.26 Å². The van der Waals surface area contributed by atoms with E-state index in [9.17, 15) is 5.26 Å². The van der Waals surface area contributed by atoms with Gasteiger partial charge in [-0.05, 0) is 43.9 Å². The molecule has 0 aromatic carbocycles. The Morgan fingerprint density at radius 2 is 1.81 bits per heavy atom. The Hall–Kier alpha value is -0.550. The molecule has 2 aliphatic rings. The maximum Gasteiger partial charge on any atom is 0.107 e. The van der Waals surface area contributed by atoms with Crippen LogP contribution in [0.1, 0.15) is 58.8 Å². The number of hydrogen-bond acceptors (Lipinski definition) is 2. The van der Waals surface area contributed by atoms with E-state index in [0.717, 1.165) is 18.8 Å². The van der Waals surface area contributed by atoms with Crippen molar-refractivity contribution in [2.75, 3.05) is 0 Å². The maximum absolute atomic E-state index is 9.49. The summed E-state index contributed by atoms with van der Waals surface area (Å²) in [6.07, 6.45) is 8.51. The van der Waals surface area contributed by atoms with E-state index in [2.05, 4.69) is 25.2 Å². The SMILES string of the molecule is CC1CCC(C#N)(NC2CCCC2)CC1C. The van der Waals surface area contributed by atoms with E-state index in [-0.39, 0.29) is 5.54 Å². The highest BCUT2D eigenvalue weighted by atomic mass is 15.0. The monoisotopic (exact) mass is 220 g/mol. The van der Waals surface area contributed by atoms with Gasteiger partial charge in [0, 0.05) is 6.04 Å². The fourth-order valence-corrected chi connectivity index (χ4v) is 3.34. The highest BCUT2D eigenvalue weighted by molar-refractivity contribution is 5.11. The molecular formula is C14H24N2. The summed E-state index contributed by atoms with van der Waals surface area (Å²) < 4.78 is 0. The molecule has 0 bridgehead atoms. The summed E-state index contributed by atoms with van der Waals surface area (Å²) in [5.41, 5.74) is -0.207. The topological polar surface area (TPSA) is 35.8 Å². The lowest BCUT2D eigenvalue weighted by molar-refractivity contribution is 0.170. The van der Waals surface area contributed by atoms with Crippen molar-refractivity contribution in [3.8, 4) is 6.07 Å². The van der Waals surface area contributed by atoms with Gasteiger partial charge in [0.25, 0.3) is 0 Å². The quantitative estimate of drug-likeness (QED) is 0.775. The summed E-state index contributed by atoms with van der Waals surface area (Å²) in [5, 5.41) is 13.2. The zero-order valence-electron chi connectivity index (χ0n) is 10.6. The van der Waals surface area contributed by atoms with Crippen molar-refractivity contribution in [3.05, 3.63) is 0 Å². The molecule has 90 valence electrons. The van der Waals surface area contributed by atoms with Crippen LogP contribution in [-0.4, -0.2) is 11.6 Å². The minimum absolute atomic E-state index is 0.207. The predicted molar refractivity (Wildman–Crippen MR) is 65.9 cm³/mol. The molecule has 0 heterocycles. The van der Waals surface area contributed by atoms with Gasteiger partial charge in [-0.15, -0.1) is 0 Å². The molecule has 1 N–H and O–H groups in total. The highest BCUT2D eigenvalue weighted by Gasteiger charge is 2.39. The van der Waals surface area contributed by atoms with Crippen molar-refractivity contribution < 1.29 is 0 Å². The Balaban J connectivity index is 1.99. The first-order chi connectivity index (χ1) is 7.65. The summed E-state index contributed by atoms with van der Waals surface area (Å²) in [6.45, 7) is 4.62. The van der Waals surface area contributed by atoms with Crippen molar-refractivity contribution in [2.45, 2.75) is 70.4 Å². The van der Waals surface area contributed by atoms with Gasteiger partial charge in [-0.1, -0.05) is 26.7 Å². The second kappa shape index (κ2) is 4.75. The summed E-state index contributed by atoms with van der Waals surface area (Å²) in [6, 6.07) is 3.20. The lowest BCUT2D eigenvalue weighted by atomic mass is 9.71. The second-order valence-corrected chi connectivity index (χ2v) is 6.02. The normalized spacial score (nSPS) is 40.8. The molecule has 3 atom stereocenters. The van der Waals surface area contributed by atoms with Crippen molar-refractivity contribution in [1.29, 1.82) is 5.26 Å². The molecular weight excluding hydrogens is 196 g/mol. The molecule has 0 aromatic heterocycles. The van der Waals surface area contributed by atoms with Gasteiger partial charge in [0.1, 0.15) is 5.54 Å². The lowest BCUT2D eigenvalue weighted by Crippen LogP contribution is -2.52. The molecule has 2 saturated carbocycles. The fraction of sp³-hybridized carbons (Fsp3) is 0.929. The average Bonchev–Trinajstić information content (AvgIpc) is 2.76. The summed E-state index contributed by atoms with van der Waals surface area (Å²) in [5.74, 6) is 1.47. The van der Waals surface area contributed by atoms with Crippen LogP contribution >= 0.6 is 0 Å². The first-order valence-corrected chi connectivity index (χ1v) is 6.84. The summed E-state index contributed by atoms with van der Waals surface area (Å²) >= 11 is 0. The van der Waals surface area contributed by atoms with Gasteiger partial charge in [0.05, 0.1) is 6.07 Å². The standard InChI is InChI=1S/C14H24N2/c1-11-7-8-14(10-15,9-12(11)2)16-13-5-3-4-6-13/h11-13,16H,3-9H2,1-2H3. The van der Waals surface area contributed by atoms with Crippen molar-refractivity contribution in [3.63, 3.8) is 0 Å². The van der Waals surface area contributed by atoms with Crippen molar-refractivity contribution >= 4 is 0 Å². The van der Waals surface area contributed by atoms with Gasteiger partial charge in [-0.25, -0.2) is 0 Å². The number of nitrogens with zero attached hydrogens (tertiary/aromatic N) is 1. The van der Waals surface area contributed by atoms with Crippen LogP contribution in [0.5, 0.6) is 0 Å². The van der Waals surface area contributed by atoms with Crippen LogP contribution in [-0.2, 0) is 0 Å². The van der Waals surface area contributed by atoms with Crippen molar-refractivity contribution in [1.82, 2.24) is 5.32 Å². The Morgan fingerprint density at radius 3 is 2.38 bits per heavy atom. The van der Waals surface area contributed by atoms with Crippen LogP contribution in [0, 0.1) is 23.2 Å². The number of rotatable bonds is 2. The molecule has 2 aliphatic carbocycles. The zero-order chi connectivity index (χ0) is 11.6. The molecule has 2 rings (SSSR count). The van der Waals surface area contributed by atoms with E-state index < -0.39 is 0 Å². The third-order valence-corrected chi connectivity index (χ3v) is 4.72. The molecule has 0 radical (unpaired) electrons. The second-order valence-electron chi connectivity index (χ2n) is 6.02. The number of nitrogens with one attached hydrogen (secondary N) is 1. The van der Waals surface area contributed by atoms with E-state index >= 15 is 0 Å². The van der Waals surface area contributed by atoms with E-state index in [0.29, 0.717) is 12.0 Å². The van der Waals surface area contributed by atoms with E-state index in [4.69, 9.17) is 0 Å². The van der Waals surface area contributed by atoms with Crippen molar-refractivity contribution in [2.24, 2.45) is 11.8 Å². The number of hydrogen-bond donors (Lipinski definition) is 1. The first kappa shape index (κ1) is 11.9. The average molecular weight is 220 g/mol. The minimum atomic E-state index is -0.207. The largest absolute Gasteiger partial charge is 0.297 e. The Labute approximate surface area is 99.4 Å². The molecule has 16 heavy (non-hydrogen) atoms. The highest BCUT2D eigenvalue weighted by Crippen LogP contribution is 2.37. The van der Waals surface area contributed by atoms with Gasteiger partial charge in [0.15, 0.2) is 0 Å². The Kier molecular flexibility index (Phi) is 3.54. The minimum Gasteiger partial charge on any atom is -0.297 e. The van der Waals surface area contributed by atoms with E-state index in [1.807, 2.05) is 0 Å². The molecule has 2 nitrogen and oxygen atoms in total. The Bertz CT molecular complexity index is 275. The van der Waals surface area contributed by atoms with E-state index in [1.54, 1.807) is 0 Å². The van der Waals surface area contributed by atoms with Crippen LogP contribution in [0.3, 0.4) is 0 Å². The van der Waals surface area contributed by atoms with Gasteiger partial charge < -0.3 is 0 Å². The smallest absolute Gasteiger partial charge is 0.107 e. The Morgan fingerprint density at radius 1 is 1.12 bits per heavy atom. The molecule has 0 spiro atoms. The van der Waals surface area contributed by atoms with Crippen LogP contribution in [0.4, 0.5) is 0 Å². The number of nitriles is 1. The zero-order valence-corrected chi connectivity index (χ0v) is 10.6. The van der Waals surface area contributed by atoms with Crippen LogP contribution < -0.4 is 5.32 Å². The first-order valence-electron chi connectivity index (χ1n) is 6.84. The predicted octanol–water partition coefficient (Wildman–Crippen LogP) is 3.24. The van der Waals surface area contributed by atoms with E-state index in [1.165, 1.54) is 32.1 Å².